The Morgan fingerprint density at radius 3 is 0.604 bits per heavy atom. The third-order valence-corrected chi connectivity index (χ3v) is 8.06. The number of ether oxygens (including phenoxy) is 1. The molecule has 0 radical (unpaired) electrons. The van der Waals surface area contributed by atoms with Crippen molar-refractivity contribution < 1.29 is 14.9 Å². The molecule has 0 amide bonds. The molecule has 0 aromatic carbocycles. The lowest BCUT2D eigenvalue weighted by Gasteiger charge is -2.37. The lowest BCUT2D eigenvalue weighted by molar-refractivity contribution is -0.0908. The van der Waals surface area contributed by atoms with Crippen molar-refractivity contribution in [1.82, 2.24) is 0 Å². The molecule has 1 saturated heterocycles. The van der Waals surface area contributed by atoms with Crippen molar-refractivity contribution in [3.63, 3.8) is 0 Å². The fraction of sp³-hybridized carbons (Fsp3) is 0.920. The lowest BCUT2D eigenvalue weighted by atomic mass is 9.76. The van der Waals surface area contributed by atoms with Gasteiger partial charge in [0.1, 0.15) is 0 Å². The average molecular weight is 753 g/mol. The van der Waals surface area contributed by atoms with Crippen molar-refractivity contribution in [1.29, 1.82) is 0 Å². The molecule has 4 atom stereocenters. The van der Waals surface area contributed by atoms with E-state index in [1.807, 2.05) is 41.5 Å². The summed E-state index contributed by atoms with van der Waals surface area (Å²) in [5.74, 6) is 0. The molecule has 3 heteroatoms. The van der Waals surface area contributed by atoms with Crippen LogP contribution in [-0.2, 0) is 4.74 Å². The van der Waals surface area contributed by atoms with E-state index in [0.29, 0.717) is 55.5 Å². The van der Waals surface area contributed by atoms with E-state index in [9.17, 15) is 10.2 Å². The zero-order valence-electron chi connectivity index (χ0n) is 42.3. The summed E-state index contributed by atoms with van der Waals surface area (Å²) in [7, 11) is 0. The smallest absolute Gasteiger partial charge is 0.0895 e. The lowest BCUT2D eigenvalue weighted by Crippen LogP contribution is -2.44. The Morgan fingerprint density at radius 1 is 0.358 bits per heavy atom. The first-order chi connectivity index (χ1) is 22.4. The minimum Gasteiger partial charge on any atom is -0.390 e. The Kier molecular flexibility index (Phi) is 23.6. The van der Waals surface area contributed by atoms with Gasteiger partial charge in [0, 0.05) is 0 Å². The molecule has 0 saturated carbocycles. The van der Waals surface area contributed by atoms with Crippen LogP contribution in [0.3, 0.4) is 0 Å². The first-order valence-electron chi connectivity index (χ1n) is 20.8. The first kappa shape index (κ1) is 59.1. The number of aliphatic hydroxyl groups excluding tert-OH is 2. The van der Waals surface area contributed by atoms with Crippen molar-refractivity contribution in [2.75, 3.05) is 0 Å². The van der Waals surface area contributed by atoms with Crippen LogP contribution in [-0.4, -0.2) is 34.6 Å². The number of allylic oxidation sites excluding steroid dienone is 4. The molecule has 322 valence electrons. The fourth-order valence-corrected chi connectivity index (χ4v) is 4.13. The Bertz CT molecular complexity index is 887. The molecule has 1 rings (SSSR count). The third-order valence-electron chi connectivity index (χ3n) is 8.06. The zero-order valence-corrected chi connectivity index (χ0v) is 42.3. The normalized spacial score (nSPS) is 19.1. The second-order valence-corrected chi connectivity index (χ2v) is 27.1. The van der Waals surface area contributed by atoms with Gasteiger partial charge in [-0.3, -0.25) is 0 Å². The number of rotatable bonds is 2. The molecule has 1 fully saturated rings. The van der Waals surface area contributed by atoms with Gasteiger partial charge >= 0.3 is 0 Å². The predicted octanol–water partition coefficient (Wildman–Crippen LogP) is 15.8. The van der Waals surface area contributed by atoms with E-state index in [-0.39, 0.29) is 10.8 Å². The van der Waals surface area contributed by atoms with E-state index >= 15 is 0 Å². The fourth-order valence-electron chi connectivity index (χ4n) is 4.13. The summed E-state index contributed by atoms with van der Waals surface area (Å²) < 4.78 is 5.65. The molecular weight excluding hydrogens is 649 g/mol. The maximum atomic E-state index is 9.74. The topological polar surface area (TPSA) is 53.0 Å². The standard InChI is InChI=1S/C10H22O2.C10H20O.C10H22.2C10H20/c1-9(2,3)7(11)8(12)10(4,5)6;1-9(2,3)7-8(11-7)10(4,5)6;3*1-9(2,3)7-8-10(4,5)6/h7-8,11-12H,1-6H3;7-8H,1-6H3;7-8H2,1-6H3;2*7-8H,1-6H3/b;;;2*8-7+. The molecule has 0 aromatic heterocycles. The van der Waals surface area contributed by atoms with E-state index in [1.165, 1.54) is 12.8 Å². The van der Waals surface area contributed by atoms with Crippen LogP contribution in [0, 0.1) is 54.1 Å². The summed E-state index contributed by atoms with van der Waals surface area (Å²) >= 11 is 0. The maximum Gasteiger partial charge on any atom is 0.0895 e. The quantitative estimate of drug-likeness (QED) is 0.218. The van der Waals surface area contributed by atoms with E-state index in [1.54, 1.807) is 0 Å². The third kappa shape index (κ3) is 42.3. The monoisotopic (exact) mass is 753 g/mol. The molecule has 53 heavy (non-hydrogen) atoms. The van der Waals surface area contributed by atoms with Gasteiger partial charge in [-0.1, -0.05) is 232 Å². The Morgan fingerprint density at radius 2 is 0.528 bits per heavy atom. The van der Waals surface area contributed by atoms with E-state index in [4.69, 9.17) is 4.74 Å². The molecule has 2 N–H and O–H groups in total. The molecular formula is C50H104O3. The Balaban J connectivity index is -0.000000284. The first-order valence-corrected chi connectivity index (χ1v) is 20.8. The zero-order chi connectivity index (χ0) is 44.3. The highest BCUT2D eigenvalue weighted by Gasteiger charge is 2.52. The van der Waals surface area contributed by atoms with Crippen molar-refractivity contribution >= 4 is 0 Å². The van der Waals surface area contributed by atoms with Crippen LogP contribution >= 0.6 is 0 Å². The number of epoxide rings is 1. The minimum absolute atomic E-state index is 0.257. The summed E-state index contributed by atoms with van der Waals surface area (Å²) in [6.45, 7) is 65.4. The molecule has 1 aliphatic heterocycles. The summed E-state index contributed by atoms with van der Waals surface area (Å²) in [5.41, 5.74) is 2.44. The molecule has 1 heterocycles. The highest BCUT2D eigenvalue weighted by Crippen LogP contribution is 2.46. The molecule has 1 aliphatic rings. The van der Waals surface area contributed by atoms with Gasteiger partial charge in [0.25, 0.3) is 0 Å². The SMILES string of the molecule is CC(C)(C)/C=C/C(C)(C)C.CC(C)(C)/C=C/C(C)(C)C.CC(C)(C)C(O)C(O)C(C)(C)C.CC(C)(C)C1OC1C(C)(C)C.CC(C)(C)CCC(C)(C)C. The van der Waals surface area contributed by atoms with E-state index < -0.39 is 12.2 Å². The van der Waals surface area contributed by atoms with Gasteiger partial charge in [0.05, 0.1) is 24.4 Å². The van der Waals surface area contributed by atoms with Gasteiger partial charge in [-0.25, -0.2) is 0 Å². The number of hydrogen-bond acceptors (Lipinski definition) is 3. The highest BCUT2D eigenvalue weighted by atomic mass is 16.6. The molecule has 4 unspecified atom stereocenters. The maximum absolute atomic E-state index is 9.74. The summed E-state index contributed by atoms with van der Waals surface area (Å²) in [5, 5.41) is 19.5. The molecule has 0 spiro atoms. The second kappa shape index (κ2) is 21.2. The van der Waals surface area contributed by atoms with Gasteiger partial charge in [-0.2, -0.15) is 0 Å². The van der Waals surface area contributed by atoms with Crippen molar-refractivity contribution in [3.05, 3.63) is 24.3 Å². The second-order valence-electron chi connectivity index (χ2n) is 27.1. The van der Waals surface area contributed by atoms with Crippen molar-refractivity contribution in [3.8, 4) is 0 Å². The van der Waals surface area contributed by atoms with Gasteiger partial charge in [-0.05, 0) is 67.0 Å². The van der Waals surface area contributed by atoms with E-state index in [2.05, 4.69) is 190 Å². The minimum atomic E-state index is -0.669. The largest absolute Gasteiger partial charge is 0.390 e. The van der Waals surface area contributed by atoms with Crippen LogP contribution in [0.5, 0.6) is 0 Å². The van der Waals surface area contributed by atoms with Gasteiger partial charge in [-0.15, -0.1) is 0 Å². The average Bonchev–Trinajstić information content (AvgIpc) is 3.65. The van der Waals surface area contributed by atoms with E-state index in [0.717, 1.165) is 0 Å². The Hall–Kier alpha value is -0.640. The number of aliphatic hydroxyl groups is 2. The molecule has 0 bridgehead atoms. The molecule has 0 aliphatic carbocycles. The van der Waals surface area contributed by atoms with Crippen LogP contribution in [0.1, 0.15) is 221 Å². The van der Waals surface area contributed by atoms with Gasteiger partial charge in [0.15, 0.2) is 0 Å². The highest BCUT2D eigenvalue weighted by molar-refractivity contribution is 5.00. The summed E-state index contributed by atoms with van der Waals surface area (Å²) in [6.07, 6.45) is 11.4. The van der Waals surface area contributed by atoms with Crippen molar-refractivity contribution in [2.24, 2.45) is 54.1 Å². The van der Waals surface area contributed by atoms with Crippen LogP contribution in [0.25, 0.3) is 0 Å². The summed E-state index contributed by atoms with van der Waals surface area (Å²) in [6, 6.07) is 0. The van der Waals surface area contributed by atoms with Crippen molar-refractivity contribution in [2.45, 2.75) is 245 Å². The van der Waals surface area contributed by atoms with Crippen LogP contribution in [0.15, 0.2) is 24.3 Å². The predicted molar refractivity (Wildman–Crippen MR) is 243 cm³/mol. The van der Waals surface area contributed by atoms with Crippen LogP contribution < -0.4 is 0 Å². The molecule has 0 aromatic rings. The van der Waals surface area contributed by atoms with Gasteiger partial charge < -0.3 is 14.9 Å². The number of hydrogen-bond donors (Lipinski definition) is 2. The van der Waals surface area contributed by atoms with Crippen LogP contribution in [0.4, 0.5) is 0 Å². The van der Waals surface area contributed by atoms with Crippen LogP contribution in [0.2, 0.25) is 0 Å². The Labute approximate surface area is 337 Å². The molecule has 3 nitrogen and oxygen atoms in total. The summed E-state index contributed by atoms with van der Waals surface area (Å²) in [4.78, 5) is 0. The van der Waals surface area contributed by atoms with Gasteiger partial charge in [0.2, 0.25) is 0 Å².